The lowest BCUT2D eigenvalue weighted by Crippen LogP contribution is -2.49. The van der Waals surface area contributed by atoms with Crippen LogP contribution in [0, 0.1) is 10.1 Å². The van der Waals surface area contributed by atoms with Gasteiger partial charge in [0, 0.05) is 37.3 Å². The van der Waals surface area contributed by atoms with Gasteiger partial charge in [-0.3, -0.25) is 14.9 Å². The summed E-state index contributed by atoms with van der Waals surface area (Å²) < 4.78 is 5.58. The van der Waals surface area contributed by atoms with Crippen LogP contribution >= 0.6 is 11.6 Å². The van der Waals surface area contributed by atoms with Crippen LogP contribution in [0.15, 0.2) is 55.1 Å². The Labute approximate surface area is 167 Å². The number of anilines is 1. The molecule has 1 aliphatic heterocycles. The maximum absolute atomic E-state index is 12.9. The quantitative estimate of drug-likeness (QED) is 0.418. The number of carbonyl (C=O) groups is 1. The van der Waals surface area contributed by atoms with Crippen molar-refractivity contribution in [3.05, 3.63) is 75.8 Å². The molecule has 0 spiro atoms. The van der Waals surface area contributed by atoms with Crippen LogP contribution in [0.25, 0.3) is 0 Å². The van der Waals surface area contributed by atoms with Gasteiger partial charge in [0.15, 0.2) is 0 Å². The summed E-state index contributed by atoms with van der Waals surface area (Å²) in [6.07, 6.45) is 1.62. The van der Waals surface area contributed by atoms with Gasteiger partial charge < -0.3 is 14.5 Å². The van der Waals surface area contributed by atoms with E-state index in [4.69, 9.17) is 16.3 Å². The van der Waals surface area contributed by atoms with Gasteiger partial charge >= 0.3 is 0 Å². The number of nitro groups is 1. The van der Waals surface area contributed by atoms with Crippen molar-refractivity contribution in [3.8, 4) is 5.75 Å². The summed E-state index contributed by atoms with van der Waals surface area (Å²) in [4.78, 5) is 27.4. The largest absolute Gasteiger partial charge is 0.489 e. The smallest absolute Gasteiger partial charge is 0.294 e. The number of para-hydroxylation sites is 1. The molecule has 0 aliphatic carbocycles. The van der Waals surface area contributed by atoms with Gasteiger partial charge in [-0.05, 0) is 24.3 Å². The van der Waals surface area contributed by atoms with Crippen molar-refractivity contribution in [2.24, 2.45) is 0 Å². The minimum absolute atomic E-state index is 0.0320. The van der Waals surface area contributed by atoms with Gasteiger partial charge in [-0.1, -0.05) is 36.4 Å². The lowest BCUT2D eigenvalue weighted by atomic mass is 10.1. The second-order valence-corrected chi connectivity index (χ2v) is 6.70. The number of hydrogen-bond acceptors (Lipinski definition) is 5. The predicted molar refractivity (Wildman–Crippen MR) is 108 cm³/mol. The number of halogens is 1. The number of benzene rings is 2. The summed E-state index contributed by atoms with van der Waals surface area (Å²) in [7, 11) is 0. The topological polar surface area (TPSA) is 75.9 Å². The minimum atomic E-state index is -0.439. The van der Waals surface area contributed by atoms with Crippen LogP contribution in [0.4, 0.5) is 11.4 Å². The van der Waals surface area contributed by atoms with Crippen molar-refractivity contribution >= 4 is 28.9 Å². The Balaban J connectivity index is 1.72. The number of piperazine rings is 1. The van der Waals surface area contributed by atoms with Gasteiger partial charge in [0.05, 0.1) is 10.5 Å². The SMILES string of the molecule is C=CCOc1ccccc1C(=O)N1CCN(c2ccc(Cl)cc2[N+](=O)[O-])CC1. The molecule has 0 atom stereocenters. The molecule has 1 saturated heterocycles. The zero-order valence-electron chi connectivity index (χ0n) is 15.2. The van der Waals surface area contributed by atoms with Crippen LogP contribution in [0.1, 0.15) is 10.4 Å². The molecule has 0 N–H and O–H groups in total. The van der Waals surface area contributed by atoms with Gasteiger partial charge in [0.25, 0.3) is 11.6 Å². The summed E-state index contributed by atoms with van der Waals surface area (Å²) in [5, 5.41) is 11.7. The second kappa shape index (κ2) is 8.75. The zero-order chi connectivity index (χ0) is 20.1. The van der Waals surface area contributed by atoms with Crippen LogP contribution < -0.4 is 9.64 Å². The lowest BCUT2D eigenvalue weighted by Gasteiger charge is -2.36. The average molecular weight is 402 g/mol. The van der Waals surface area contributed by atoms with Crippen LogP contribution in [-0.2, 0) is 0 Å². The number of nitrogens with zero attached hydrogens (tertiary/aromatic N) is 3. The van der Waals surface area contributed by atoms with Crippen LogP contribution in [0.2, 0.25) is 5.02 Å². The van der Waals surface area contributed by atoms with Crippen LogP contribution in [0.5, 0.6) is 5.75 Å². The first-order valence-electron chi connectivity index (χ1n) is 8.82. The van der Waals surface area contributed by atoms with Crippen LogP contribution in [0.3, 0.4) is 0 Å². The molecule has 1 fully saturated rings. The molecule has 2 aromatic carbocycles. The molecule has 3 rings (SSSR count). The summed E-state index contributed by atoms with van der Waals surface area (Å²) in [5.41, 5.74) is 0.974. The molecule has 1 heterocycles. The lowest BCUT2D eigenvalue weighted by molar-refractivity contribution is -0.384. The minimum Gasteiger partial charge on any atom is -0.489 e. The van der Waals surface area contributed by atoms with Gasteiger partial charge in [0.2, 0.25) is 0 Å². The molecule has 1 amide bonds. The highest BCUT2D eigenvalue weighted by Gasteiger charge is 2.27. The first-order valence-corrected chi connectivity index (χ1v) is 9.20. The normalized spacial score (nSPS) is 13.9. The maximum atomic E-state index is 12.9. The number of carbonyl (C=O) groups excluding carboxylic acids is 1. The van der Waals surface area contributed by atoms with E-state index < -0.39 is 4.92 Å². The Bertz CT molecular complexity index is 895. The Morgan fingerprint density at radius 2 is 1.93 bits per heavy atom. The molecule has 1 aliphatic rings. The molecule has 8 heteroatoms. The fraction of sp³-hybridized carbons (Fsp3) is 0.250. The summed E-state index contributed by atoms with van der Waals surface area (Å²) in [6, 6.07) is 11.7. The molecule has 0 radical (unpaired) electrons. The van der Waals surface area contributed by atoms with Gasteiger partial charge in [-0.15, -0.1) is 0 Å². The molecule has 28 heavy (non-hydrogen) atoms. The number of nitro benzene ring substituents is 1. The van der Waals surface area contributed by atoms with E-state index in [1.54, 1.807) is 41.3 Å². The molecule has 0 aromatic heterocycles. The van der Waals surface area contributed by atoms with E-state index in [-0.39, 0.29) is 11.6 Å². The highest BCUT2D eigenvalue weighted by molar-refractivity contribution is 6.30. The van der Waals surface area contributed by atoms with Crippen molar-refractivity contribution < 1.29 is 14.5 Å². The van der Waals surface area contributed by atoms with Crippen molar-refractivity contribution in [2.75, 3.05) is 37.7 Å². The third-order valence-electron chi connectivity index (χ3n) is 4.52. The van der Waals surface area contributed by atoms with E-state index in [2.05, 4.69) is 6.58 Å². The van der Waals surface area contributed by atoms with Crippen molar-refractivity contribution in [2.45, 2.75) is 0 Å². The van der Waals surface area contributed by atoms with E-state index in [1.807, 2.05) is 11.0 Å². The monoisotopic (exact) mass is 401 g/mol. The van der Waals surface area contributed by atoms with Crippen molar-refractivity contribution in [3.63, 3.8) is 0 Å². The standard InChI is InChI=1S/C20H20ClN3O4/c1-2-13-28-19-6-4-3-5-16(19)20(25)23-11-9-22(10-12-23)17-8-7-15(21)14-18(17)24(26)27/h2-8,14H,1,9-13H2. The van der Waals surface area contributed by atoms with Crippen molar-refractivity contribution in [1.29, 1.82) is 0 Å². The Morgan fingerprint density at radius 3 is 2.61 bits per heavy atom. The number of rotatable bonds is 6. The van der Waals surface area contributed by atoms with Crippen molar-refractivity contribution in [1.82, 2.24) is 4.90 Å². The summed E-state index contributed by atoms with van der Waals surface area (Å²) in [5.74, 6) is 0.396. The summed E-state index contributed by atoms with van der Waals surface area (Å²) >= 11 is 5.89. The van der Waals surface area contributed by atoms with E-state index in [0.717, 1.165) is 0 Å². The van der Waals surface area contributed by atoms with E-state index >= 15 is 0 Å². The van der Waals surface area contributed by atoms with E-state index in [1.165, 1.54) is 6.07 Å². The number of hydrogen-bond donors (Lipinski definition) is 0. The molecular weight excluding hydrogens is 382 g/mol. The van der Waals surface area contributed by atoms with E-state index in [0.29, 0.717) is 54.8 Å². The fourth-order valence-electron chi connectivity index (χ4n) is 3.15. The Kier molecular flexibility index (Phi) is 6.16. The average Bonchev–Trinajstić information content (AvgIpc) is 2.72. The highest BCUT2D eigenvalue weighted by atomic mass is 35.5. The fourth-order valence-corrected chi connectivity index (χ4v) is 3.32. The second-order valence-electron chi connectivity index (χ2n) is 6.27. The molecule has 0 unspecified atom stereocenters. The van der Waals surface area contributed by atoms with Gasteiger partial charge in [-0.2, -0.15) is 0 Å². The molecule has 0 saturated carbocycles. The third-order valence-corrected chi connectivity index (χ3v) is 4.75. The maximum Gasteiger partial charge on any atom is 0.294 e. The first-order chi connectivity index (χ1) is 13.5. The van der Waals surface area contributed by atoms with Crippen LogP contribution in [-0.4, -0.2) is 48.5 Å². The third kappa shape index (κ3) is 4.26. The first kappa shape index (κ1) is 19.7. The molecule has 2 aromatic rings. The van der Waals surface area contributed by atoms with Gasteiger partial charge in [-0.25, -0.2) is 0 Å². The summed E-state index contributed by atoms with van der Waals surface area (Å²) in [6.45, 7) is 5.82. The molecule has 146 valence electrons. The van der Waals surface area contributed by atoms with E-state index in [9.17, 15) is 14.9 Å². The molecule has 0 bridgehead atoms. The molecule has 7 nitrogen and oxygen atoms in total. The Morgan fingerprint density at radius 1 is 1.21 bits per heavy atom. The van der Waals surface area contributed by atoms with Gasteiger partial charge in [0.1, 0.15) is 18.0 Å². The number of ether oxygens (including phenoxy) is 1. The zero-order valence-corrected chi connectivity index (χ0v) is 16.0. The highest BCUT2D eigenvalue weighted by Crippen LogP contribution is 2.32. The number of amides is 1. The Hall–Kier alpha value is -3.06. The predicted octanol–water partition coefficient (Wildman–Crippen LogP) is 3.78. The molecular formula is C20H20ClN3O4.